The molecule has 0 heterocycles. The average molecular weight is 243 g/mol. The van der Waals surface area contributed by atoms with E-state index in [1.807, 2.05) is 0 Å². The third kappa shape index (κ3) is 1.97. The summed E-state index contributed by atoms with van der Waals surface area (Å²) in [4.78, 5) is 0. The zero-order valence-corrected chi connectivity index (χ0v) is 9.75. The highest BCUT2D eigenvalue weighted by atomic mass is 32.2. The Morgan fingerprint density at radius 2 is 1.88 bits per heavy atom. The quantitative estimate of drug-likeness (QED) is 0.858. The second kappa shape index (κ2) is 3.82. The molecule has 2 rings (SSSR count). The monoisotopic (exact) mass is 243 g/mol. The molecule has 0 aromatic heterocycles. The Bertz CT molecular complexity index is 483. The Morgan fingerprint density at radius 3 is 2.25 bits per heavy atom. The first-order valence-corrected chi connectivity index (χ1v) is 7.05. The van der Waals surface area contributed by atoms with Gasteiger partial charge in [0.2, 0.25) is 0 Å². The van der Waals surface area contributed by atoms with Crippen LogP contribution in [-0.4, -0.2) is 26.5 Å². The minimum Gasteiger partial charge on any atom is -0.330 e. The minimum atomic E-state index is -3.07. The normalized spacial score (nSPS) is 29.1. The van der Waals surface area contributed by atoms with Gasteiger partial charge in [-0.05, 0) is 30.2 Å². The van der Waals surface area contributed by atoms with Crippen LogP contribution in [0.3, 0.4) is 0 Å². The van der Waals surface area contributed by atoms with Gasteiger partial charge in [-0.15, -0.1) is 0 Å². The van der Waals surface area contributed by atoms with E-state index < -0.39 is 15.1 Å². The van der Waals surface area contributed by atoms with Crippen LogP contribution in [0.1, 0.15) is 11.5 Å². The van der Waals surface area contributed by atoms with Gasteiger partial charge in [-0.3, -0.25) is 0 Å². The maximum Gasteiger partial charge on any atom is 0.151 e. The molecule has 1 aliphatic carbocycles. The molecule has 16 heavy (non-hydrogen) atoms. The fourth-order valence-corrected chi connectivity index (χ4v) is 4.05. The SMILES string of the molecule is CS(=O)(=O)[C@@H]1[C@@H](CN)[C@@H]1c1ccc(F)cc1. The van der Waals surface area contributed by atoms with Crippen molar-refractivity contribution in [3.8, 4) is 0 Å². The largest absolute Gasteiger partial charge is 0.330 e. The van der Waals surface area contributed by atoms with E-state index in [0.29, 0.717) is 6.54 Å². The summed E-state index contributed by atoms with van der Waals surface area (Å²) in [6.45, 7) is 0.347. The van der Waals surface area contributed by atoms with Crippen LogP contribution in [0, 0.1) is 11.7 Å². The van der Waals surface area contributed by atoms with Crippen molar-refractivity contribution in [1.29, 1.82) is 0 Å². The van der Waals surface area contributed by atoms with Crippen molar-refractivity contribution in [2.45, 2.75) is 11.2 Å². The van der Waals surface area contributed by atoms with Crippen molar-refractivity contribution < 1.29 is 12.8 Å². The summed E-state index contributed by atoms with van der Waals surface area (Å²) in [5.41, 5.74) is 6.39. The van der Waals surface area contributed by atoms with Crippen LogP contribution >= 0.6 is 0 Å². The molecule has 1 saturated carbocycles. The van der Waals surface area contributed by atoms with Gasteiger partial charge < -0.3 is 5.73 Å². The summed E-state index contributed by atoms with van der Waals surface area (Å²) in [5.74, 6) is -0.411. The summed E-state index contributed by atoms with van der Waals surface area (Å²) in [6, 6.07) is 5.96. The van der Waals surface area contributed by atoms with E-state index >= 15 is 0 Å². The summed E-state index contributed by atoms with van der Waals surface area (Å²) < 4.78 is 35.7. The van der Waals surface area contributed by atoms with Crippen molar-refractivity contribution in [3.63, 3.8) is 0 Å². The zero-order chi connectivity index (χ0) is 11.9. The molecule has 1 aromatic rings. The van der Waals surface area contributed by atoms with Gasteiger partial charge in [0.15, 0.2) is 9.84 Å². The topological polar surface area (TPSA) is 60.2 Å². The Balaban J connectivity index is 2.27. The van der Waals surface area contributed by atoms with E-state index in [0.717, 1.165) is 5.56 Å². The van der Waals surface area contributed by atoms with Gasteiger partial charge in [0.25, 0.3) is 0 Å². The lowest BCUT2D eigenvalue weighted by Gasteiger charge is -1.98. The van der Waals surface area contributed by atoms with Crippen LogP contribution in [0.25, 0.3) is 0 Å². The molecule has 0 spiro atoms. The van der Waals surface area contributed by atoms with Crippen molar-refractivity contribution in [2.24, 2.45) is 11.7 Å². The van der Waals surface area contributed by atoms with Crippen molar-refractivity contribution >= 4 is 9.84 Å². The van der Waals surface area contributed by atoms with Crippen LogP contribution < -0.4 is 5.73 Å². The van der Waals surface area contributed by atoms with Gasteiger partial charge in [0.05, 0.1) is 5.25 Å². The van der Waals surface area contributed by atoms with E-state index in [9.17, 15) is 12.8 Å². The summed E-state index contributed by atoms with van der Waals surface area (Å²) in [7, 11) is -3.07. The summed E-state index contributed by atoms with van der Waals surface area (Å²) in [5, 5.41) is -0.400. The smallest absolute Gasteiger partial charge is 0.151 e. The van der Waals surface area contributed by atoms with Gasteiger partial charge in [0.1, 0.15) is 5.82 Å². The highest BCUT2D eigenvalue weighted by molar-refractivity contribution is 7.91. The zero-order valence-electron chi connectivity index (χ0n) is 8.93. The number of benzene rings is 1. The molecule has 0 saturated heterocycles. The lowest BCUT2D eigenvalue weighted by molar-refractivity contribution is 0.597. The molecular formula is C11H14FNO2S. The van der Waals surface area contributed by atoms with Crippen molar-refractivity contribution in [2.75, 3.05) is 12.8 Å². The fraction of sp³-hybridized carbons (Fsp3) is 0.455. The third-order valence-corrected chi connectivity index (χ3v) is 4.75. The maximum atomic E-state index is 12.7. The third-order valence-electron chi connectivity index (χ3n) is 3.12. The van der Waals surface area contributed by atoms with Gasteiger partial charge in [0, 0.05) is 12.2 Å². The van der Waals surface area contributed by atoms with E-state index in [4.69, 9.17) is 5.73 Å². The summed E-state index contributed by atoms with van der Waals surface area (Å²) >= 11 is 0. The van der Waals surface area contributed by atoms with Gasteiger partial charge in [-0.2, -0.15) is 0 Å². The molecule has 88 valence electrons. The van der Waals surface area contributed by atoms with Crippen LogP contribution in [-0.2, 0) is 9.84 Å². The van der Waals surface area contributed by atoms with E-state index in [1.54, 1.807) is 12.1 Å². The lowest BCUT2D eigenvalue weighted by atomic mass is 10.1. The lowest BCUT2D eigenvalue weighted by Crippen LogP contribution is -2.11. The number of sulfone groups is 1. The molecule has 2 N–H and O–H groups in total. The molecule has 0 bridgehead atoms. The Labute approximate surface area is 94.4 Å². The maximum absolute atomic E-state index is 12.7. The van der Waals surface area contributed by atoms with E-state index in [-0.39, 0.29) is 17.7 Å². The molecule has 0 unspecified atom stereocenters. The van der Waals surface area contributed by atoms with Crippen molar-refractivity contribution in [1.82, 2.24) is 0 Å². The first kappa shape index (κ1) is 11.5. The van der Waals surface area contributed by atoms with Crippen LogP contribution in [0.2, 0.25) is 0 Å². The standard InChI is InChI=1S/C11H14FNO2S/c1-16(14,15)11-9(6-13)10(11)7-2-4-8(12)5-3-7/h2-5,9-11H,6,13H2,1H3/t9-,10-,11+/m0/s1. The Hall–Kier alpha value is -0.940. The molecule has 0 radical (unpaired) electrons. The van der Waals surface area contributed by atoms with Crippen LogP contribution in [0.4, 0.5) is 4.39 Å². The minimum absolute atomic E-state index is 0.0274. The molecule has 3 atom stereocenters. The first-order valence-electron chi connectivity index (χ1n) is 5.09. The second-order valence-electron chi connectivity index (χ2n) is 4.27. The fourth-order valence-electron chi connectivity index (χ4n) is 2.33. The number of nitrogens with two attached hydrogens (primary N) is 1. The van der Waals surface area contributed by atoms with E-state index in [1.165, 1.54) is 18.4 Å². The molecule has 3 nitrogen and oxygen atoms in total. The van der Waals surface area contributed by atoms with Gasteiger partial charge in [-0.1, -0.05) is 12.1 Å². The predicted octanol–water partition coefficient (Wildman–Crippen LogP) is 0.911. The number of halogens is 1. The predicted molar refractivity (Wildman–Crippen MR) is 60.3 cm³/mol. The van der Waals surface area contributed by atoms with Crippen LogP contribution in [0.5, 0.6) is 0 Å². The molecule has 0 aliphatic heterocycles. The van der Waals surface area contributed by atoms with Gasteiger partial charge in [-0.25, -0.2) is 12.8 Å². The van der Waals surface area contributed by atoms with Crippen LogP contribution in [0.15, 0.2) is 24.3 Å². The molecular weight excluding hydrogens is 229 g/mol. The highest BCUT2D eigenvalue weighted by Gasteiger charge is 2.55. The number of rotatable bonds is 3. The van der Waals surface area contributed by atoms with Crippen molar-refractivity contribution in [3.05, 3.63) is 35.6 Å². The van der Waals surface area contributed by atoms with Gasteiger partial charge >= 0.3 is 0 Å². The molecule has 5 heteroatoms. The molecule has 1 aromatic carbocycles. The number of hydrogen-bond donors (Lipinski definition) is 1. The molecule has 0 amide bonds. The van der Waals surface area contributed by atoms with E-state index in [2.05, 4.69) is 0 Å². The Morgan fingerprint density at radius 1 is 1.31 bits per heavy atom. The number of hydrogen-bond acceptors (Lipinski definition) is 3. The molecule has 1 fully saturated rings. The molecule has 1 aliphatic rings. The average Bonchev–Trinajstić information content (AvgIpc) is 2.92. The Kier molecular flexibility index (Phi) is 2.75. The second-order valence-corrected chi connectivity index (χ2v) is 6.47. The first-order chi connectivity index (χ1) is 7.45. The summed E-state index contributed by atoms with van der Waals surface area (Å²) in [6.07, 6.45) is 1.23. The highest BCUT2D eigenvalue weighted by Crippen LogP contribution is 2.51.